The van der Waals surface area contributed by atoms with Gasteiger partial charge in [0, 0.05) is 28.9 Å². The van der Waals surface area contributed by atoms with Crippen molar-refractivity contribution >= 4 is 11.3 Å². The Labute approximate surface area is 199 Å². The fourth-order valence-electron chi connectivity index (χ4n) is 4.98. The van der Waals surface area contributed by atoms with Gasteiger partial charge in [0.1, 0.15) is 0 Å². The van der Waals surface area contributed by atoms with Crippen LogP contribution in [0.5, 0.6) is 0 Å². The average molecular weight is 503 g/mol. The Morgan fingerprint density at radius 1 is 1.18 bits per heavy atom. The number of aromatic amines is 1. The number of nitrogens with zero attached hydrogens (tertiary/aromatic N) is 3. The maximum atomic E-state index is 13.2. The maximum absolute atomic E-state index is 13.2. The average Bonchev–Trinajstić information content (AvgIpc) is 3.34. The number of nitrogens with two attached hydrogens (primary N) is 1. The predicted octanol–water partition coefficient (Wildman–Crippen LogP) is 2.63. The van der Waals surface area contributed by atoms with Crippen LogP contribution in [0.3, 0.4) is 0 Å². The molecule has 2 aliphatic rings. The molecule has 34 heavy (non-hydrogen) atoms. The van der Waals surface area contributed by atoms with Crippen LogP contribution in [0.1, 0.15) is 62.5 Å². The van der Waals surface area contributed by atoms with Gasteiger partial charge in [-0.05, 0) is 93.3 Å². The van der Waals surface area contributed by atoms with E-state index in [1.807, 2.05) is 0 Å². The first-order valence-corrected chi connectivity index (χ1v) is 12.5. The molecule has 4 rings (SSSR count). The molecule has 1 aromatic heterocycles. The van der Waals surface area contributed by atoms with Gasteiger partial charge in [0.15, 0.2) is 0 Å². The summed E-state index contributed by atoms with van der Waals surface area (Å²) in [6.07, 6.45) is 1.94. The van der Waals surface area contributed by atoms with Gasteiger partial charge < -0.3 is 15.2 Å². The first-order valence-electron chi connectivity index (χ1n) is 11.4. The first kappa shape index (κ1) is 26.7. The fourth-order valence-corrected chi connectivity index (χ4v) is 4.98. The Bertz CT molecular complexity index is 912. The molecule has 1 aliphatic carbocycles. The molecular weight excluding hydrogens is 471 g/mol. The van der Waals surface area contributed by atoms with Crippen LogP contribution in [0.4, 0.5) is 13.2 Å². The summed E-state index contributed by atoms with van der Waals surface area (Å²) in [6, 6.07) is 4.89. The van der Waals surface area contributed by atoms with E-state index in [-0.39, 0.29) is 11.7 Å². The van der Waals surface area contributed by atoms with Gasteiger partial charge in [-0.2, -0.15) is 18.4 Å². The summed E-state index contributed by atoms with van der Waals surface area (Å²) >= 11 is -2.36. The molecule has 0 bridgehead atoms. The quantitative estimate of drug-likeness (QED) is 0.460. The zero-order valence-electron chi connectivity index (χ0n) is 19.0. The molecule has 1 saturated carbocycles. The Morgan fingerprint density at radius 2 is 1.82 bits per heavy atom. The van der Waals surface area contributed by atoms with Crippen molar-refractivity contribution in [3.63, 3.8) is 0 Å². The number of rotatable bonds is 5. The van der Waals surface area contributed by atoms with E-state index in [1.54, 1.807) is 6.07 Å². The molecule has 13 heteroatoms. The third-order valence-corrected chi connectivity index (χ3v) is 6.72. The zero-order chi connectivity index (χ0) is 24.7. The highest BCUT2D eigenvalue weighted by Gasteiger charge is 2.33. The van der Waals surface area contributed by atoms with E-state index in [4.69, 9.17) is 8.76 Å². The van der Waals surface area contributed by atoms with Crippen LogP contribution in [-0.4, -0.2) is 54.6 Å². The minimum absolute atomic E-state index is 0.202. The van der Waals surface area contributed by atoms with Gasteiger partial charge >= 0.3 is 6.18 Å². The van der Waals surface area contributed by atoms with Gasteiger partial charge in [0.05, 0.1) is 5.56 Å². The lowest BCUT2D eigenvalue weighted by Crippen LogP contribution is -2.45. The number of nitrogens with one attached hydrogen (secondary N) is 3. The summed E-state index contributed by atoms with van der Waals surface area (Å²) < 4.78 is 57.3. The fraction of sp³-hybridized carbons (Fsp3) is 0.667. The van der Waals surface area contributed by atoms with Crippen LogP contribution in [-0.2, 0) is 17.4 Å². The van der Waals surface area contributed by atoms with Gasteiger partial charge in [0.25, 0.3) is 0 Å². The van der Waals surface area contributed by atoms with Crippen molar-refractivity contribution < 1.29 is 21.9 Å². The standard InChI is InChI=1S/C21H29F3N6.H3NO2S/c1-13(14-8-10-25-11-9-14)26-17-5-2-15(3-6-17)18-7-4-16(21(22,23)24)12-19(18)20-27-29-30-28-20;1-4(2)3/h4,7,12-15,17,25-26H,2-3,5-6,8-11H2,1H3,(H,27,28,29,30);1H2,(H,2,3)/p-1. The largest absolute Gasteiger partial charge is 0.760 e. The molecule has 2 aromatic rings. The van der Waals surface area contributed by atoms with E-state index in [2.05, 4.69) is 43.3 Å². The third-order valence-electron chi connectivity index (χ3n) is 6.72. The Kier molecular flexibility index (Phi) is 9.54. The van der Waals surface area contributed by atoms with Crippen LogP contribution < -0.4 is 15.8 Å². The number of benzene rings is 1. The number of piperidine rings is 1. The van der Waals surface area contributed by atoms with Gasteiger partial charge in [-0.15, -0.1) is 10.2 Å². The highest BCUT2D eigenvalue weighted by molar-refractivity contribution is 7.76. The molecule has 2 fully saturated rings. The molecule has 0 spiro atoms. The number of aromatic nitrogens is 4. The lowest BCUT2D eigenvalue weighted by Gasteiger charge is -2.35. The van der Waals surface area contributed by atoms with Crippen molar-refractivity contribution in [2.24, 2.45) is 11.1 Å². The lowest BCUT2D eigenvalue weighted by molar-refractivity contribution is -0.137. The summed E-state index contributed by atoms with van der Waals surface area (Å²) in [5.74, 6) is 1.13. The van der Waals surface area contributed by atoms with Crippen molar-refractivity contribution in [1.29, 1.82) is 0 Å². The van der Waals surface area contributed by atoms with Crippen LogP contribution in [0, 0.1) is 5.92 Å². The van der Waals surface area contributed by atoms with Crippen molar-refractivity contribution in [2.45, 2.75) is 69.6 Å². The summed E-state index contributed by atoms with van der Waals surface area (Å²) in [5, 5.41) is 25.0. The molecule has 1 aliphatic heterocycles. The van der Waals surface area contributed by atoms with Crippen LogP contribution in [0.25, 0.3) is 11.4 Å². The second-order valence-electron chi connectivity index (χ2n) is 8.89. The van der Waals surface area contributed by atoms with Gasteiger partial charge in [-0.1, -0.05) is 6.07 Å². The number of H-pyrrole nitrogens is 1. The number of halogens is 3. The number of hydrogen-bond donors (Lipinski definition) is 4. The molecular formula is C21H31F3N7O2S-. The molecule has 5 N–H and O–H groups in total. The van der Waals surface area contributed by atoms with E-state index in [1.165, 1.54) is 18.9 Å². The van der Waals surface area contributed by atoms with Crippen LogP contribution in [0.15, 0.2) is 18.2 Å². The Hall–Kier alpha value is -1.93. The van der Waals surface area contributed by atoms with Crippen LogP contribution >= 0.6 is 0 Å². The van der Waals surface area contributed by atoms with E-state index < -0.39 is 23.0 Å². The van der Waals surface area contributed by atoms with Crippen LogP contribution in [0.2, 0.25) is 0 Å². The molecule has 190 valence electrons. The molecule has 9 nitrogen and oxygen atoms in total. The second-order valence-corrected chi connectivity index (χ2v) is 9.41. The van der Waals surface area contributed by atoms with Gasteiger partial charge in [-0.3, -0.25) is 9.35 Å². The summed E-state index contributed by atoms with van der Waals surface area (Å²) in [4.78, 5) is 0. The number of alkyl halides is 3. The highest BCUT2D eigenvalue weighted by Crippen LogP contribution is 2.40. The Morgan fingerprint density at radius 3 is 2.38 bits per heavy atom. The monoisotopic (exact) mass is 502 g/mol. The smallest absolute Gasteiger partial charge is 0.416 e. The molecule has 2 unspecified atom stereocenters. The molecule has 2 heterocycles. The molecule has 1 saturated heterocycles. The van der Waals surface area contributed by atoms with Crippen molar-refractivity contribution in [3.8, 4) is 11.4 Å². The molecule has 1 aromatic carbocycles. The number of hydrogen-bond acceptors (Lipinski definition) is 7. The summed E-state index contributed by atoms with van der Waals surface area (Å²) in [5.41, 5.74) is 0.629. The SMILES string of the molecule is CC(NC1CCC(c2ccc(C(F)(F)F)cc2-c2nn[nH]n2)CC1)C1CCNCC1.NS(=O)[O-]. The normalized spacial score (nSPS) is 23.6. The van der Waals surface area contributed by atoms with Crippen molar-refractivity contribution in [3.05, 3.63) is 29.3 Å². The van der Waals surface area contributed by atoms with E-state index in [0.717, 1.165) is 50.4 Å². The summed E-state index contributed by atoms with van der Waals surface area (Å²) in [7, 11) is 0. The second kappa shape index (κ2) is 12.2. The van der Waals surface area contributed by atoms with Crippen molar-refractivity contribution in [1.82, 2.24) is 31.3 Å². The predicted molar refractivity (Wildman–Crippen MR) is 121 cm³/mol. The van der Waals surface area contributed by atoms with Gasteiger partial charge in [-0.25, -0.2) is 0 Å². The molecule has 0 radical (unpaired) electrons. The van der Waals surface area contributed by atoms with Crippen molar-refractivity contribution in [2.75, 3.05) is 13.1 Å². The summed E-state index contributed by atoms with van der Waals surface area (Å²) in [6.45, 7) is 4.47. The minimum Gasteiger partial charge on any atom is -0.760 e. The van der Waals surface area contributed by atoms with E-state index >= 15 is 0 Å². The Balaban J connectivity index is 0.000000751. The third kappa shape index (κ3) is 7.54. The molecule has 2 atom stereocenters. The van der Waals surface area contributed by atoms with E-state index in [0.29, 0.717) is 23.6 Å². The zero-order valence-corrected chi connectivity index (χ0v) is 19.8. The minimum atomic E-state index is -4.40. The van der Waals surface area contributed by atoms with E-state index in [9.17, 15) is 13.2 Å². The first-order chi connectivity index (χ1) is 16.1. The maximum Gasteiger partial charge on any atom is 0.416 e. The molecule has 0 amide bonds. The topological polar surface area (TPSA) is 145 Å². The highest BCUT2D eigenvalue weighted by atomic mass is 32.2. The number of tetrazole rings is 1. The van der Waals surface area contributed by atoms with Gasteiger partial charge in [0.2, 0.25) is 5.82 Å². The lowest BCUT2D eigenvalue weighted by atomic mass is 9.79.